The van der Waals surface area contributed by atoms with Crippen molar-refractivity contribution < 1.29 is 24.1 Å². The average Bonchev–Trinajstić information content (AvgIpc) is 3.49. The molecule has 1 aliphatic heterocycles. The molecule has 2 heterocycles. The maximum atomic E-state index is 15.3. The number of carbonyl (C=O) groups is 1. The second-order valence-electron chi connectivity index (χ2n) is 7.38. The highest BCUT2D eigenvalue weighted by Crippen LogP contribution is 2.47. The van der Waals surface area contributed by atoms with Crippen LogP contribution in [0.2, 0.25) is 0 Å². The Kier molecular flexibility index (Phi) is 4.41. The van der Waals surface area contributed by atoms with Crippen LogP contribution in [0.25, 0.3) is 10.9 Å². The van der Waals surface area contributed by atoms with E-state index in [2.05, 4.69) is 5.32 Å². The van der Waals surface area contributed by atoms with Gasteiger partial charge in [-0.25, -0.2) is 9.18 Å². The van der Waals surface area contributed by atoms with Gasteiger partial charge in [-0.2, -0.15) is 0 Å². The molecule has 1 aromatic heterocycles. The van der Waals surface area contributed by atoms with Crippen LogP contribution in [0, 0.1) is 5.82 Å². The van der Waals surface area contributed by atoms with Gasteiger partial charge >= 0.3 is 5.97 Å². The molecule has 1 atom stereocenters. The first-order chi connectivity index (χ1) is 13.3. The number of ether oxygens (including phenoxy) is 1. The molecule has 9 heteroatoms. The molecule has 1 aliphatic carbocycles. The first kappa shape index (κ1) is 18.5. The third-order valence-corrected chi connectivity index (χ3v) is 5.38. The van der Waals surface area contributed by atoms with Crippen LogP contribution in [0.4, 0.5) is 10.1 Å². The van der Waals surface area contributed by atoms with Crippen LogP contribution in [-0.4, -0.2) is 53.5 Å². The highest BCUT2D eigenvalue weighted by atomic mass is 19.1. The summed E-state index contributed by atoms with van der Waals surface area (Å²) in [6.45, 7) is 3.61. The largest absolute Gasteiger partial charge is 0.504 e. The molecule has 1 unspecified atom stereocenters. The lowest BCUT2D eigenvalue weighted by molar-refractivity contribution is 0.0695. The van der Waals surface area contributed by atoms with Gasteiger partial charge in [-0.1, -0.05) is 0 Å². The number of aromatic nitrogens is 1. The quantitative estimate of drug-likeness (QED) is 0.729. The van der Waals surface area contributed by atoms with Gasteiger partial charge in [0.25, 0.3) is 0 Å². The van der Waals surface area contributed by atoms with Crippen LogP contribution in [-0.2, 0) is 0 Å². The van der Waals surface area contributed by atoms with Gasteiger partial charge in [-0.3, -0.25) is 4.79 Å². The van der Waals surface area contributed by atoms with Crippen molar-refractivity contribution in [3.63, 3.8) is 0 Å². The summed E-state index contributed by atoms with van der Waals surface area (Å²) in [4.78, 5) is 26.1. The molecule has 2 aliphatic rings. The number of hydrogen-bond acceptors (Lipinski definition) is 6. The Morgan fingerprint density at radius 3 is 2.68 bits per heavy atom. The molecule has 2 aromatic rings. The van der Waals surface area contributed by atoms with Gasteiger partial charge in [0.05, 0.1) is 12.5 Å². The standard InChI is InChI=1S/C19H22FN3O5/c1-9-7-22(6-5-21-9)15-13(20)17(25)12-14(18(15)28-2)23(10-3-4-10)8-11(16(12)24)19(26)27/h8-10,21,25H,3-7H2,1-2H3,(H,26,27). The van der Waals surface area contributed by atoms with E-state index < -0.39 is 28.5 Å². The molecule has 3 N–H and O–H groups in total. The smallest absolute Gasteiger partial charge is 0.341 e. The summed E-state index contributed by atoms with van der Waals surface area (Å²) in [7, 11) is 1.38. The predicted octanol–water partition coefficient (Wildman–Crippen LogP) is 1.69. The molecule has 2 fully saturated rings. The van der Waals surface area contributed by atoms with E-state index in [9.17, 15) is 19.8 Å². The van der Waals surface area contributed by atoms with Gasteiger partial charge in [-0.05, 0) is 19.8 Å². The number of benzene rings is 1. The summed E-state index contributed by atoms with van der Waals surface area (Å²) >= 11 is 0. The van der Waals surface area contributed by atoms with E-state index >= 15 is 4.39 Å². The molecule has 28 heavy (non-hydrogen) atoms. The third kappa shape index (κ3) is 2.77. The molecule has 0 radical (unpaired) electrons. The predicted molar refractivity (Wildman–Crippen MR) is 101 cm³/mol. The number of methoxy groups -OCH3 is 1. The zero-order chi connectivity index (χ0) is 20.2. The highest BCUT2D eigenvalue weighted by Gasteiger charge is 2.34. The van der Waals surface area contributed by atoms with E-state index in [1.165, 1.54) is 13.3 Å². The summed E-state index contributed by atoms with van der Waals surface area (Å²) in [6.07, 6.45) is 2.88. The van der Waals surface area contributed by atoms with E-state index in [0.29, 0.717) is 19.6 Å². The topological polar surface area (TPSA) is 104 Å². The molecule has 1 aromatic carbocycles. The Balaban J connectivity index is 2.10. The number of phenolic OH excluding ortho intramolecular Hbond substituents is 1. The normalized spacial score (nSPS) is 19.8. The summed E-state index contributed by atoms with van der Waals surface area (Å²) in [5.74, 6) is -3.08. The van der Waals surface area contributed by atoms with Crippen LogP contribution in [0.15, 0.2) is 11.0 Å². The SMILES string of the molecule is COc1c(N2CCNC(C)C2)c(F)c(O)c2c(=O)c(C(=O)O)cn(C3CC3)c12. The molecule has 0 spiro atoms. The van der Waals surface area contributed by atoms with E-state index in [1.54, 1.807) is 9.47 Å². The number of nitrogens with zero attached hydrogens (tertiary/aromatic N) is 2. The van der Waals surface area contributed by atoms with Gasteiger partial charge in [0, 0.05) is 37.9 Å². The van der Waals surface area contributed by atoms with Crippen LogP contribution < -0.4 is 20.4 Å². The number of nitrogens with one attached hydrogen (secondary N) is 1. The number of anilines is 1. The van der Waals surface area contributed by atoms with Crippen LogP contribution >= 0.6 is 0 Å². The number of hydrogen-bond donors (Lipinski definition) is 3. The number of carboxylic acid groups (broad SMARTS) is 1. The Morgan fingerprint density at radius 2 is 2.11 bits per heavy atom. The Labute approximate surface area is 160 Å². The van der Waals surface area contributed by atoms with Crippen molar-refractivity contribution in [2.24, 2.45) is 0 Å². The van der Waals surface area contributed by atoms with Crippen molar-refractivity contribution in [1.29, 1.82) is 0 Å². The molecule has 1 saturated carbocycles. The fourth-order valence-electron chi connectivity index (χ4n) is 3.92. The Bertz CT molecular complexity index is 1030. The maximum absolute atomic E-state index is 15.3. The Morgan fingerprint density at radius 1 is 1.39 bits per heavy atom. The molecule has 150 valence electrons. The number of aromatic hydroxyl groups is 1. The van der Waals surface area contributed by atoms with Crippen LogP contribution in [0.5, 0.6) is 11.5 Å². The summed E-state index contributed by atoms with van der Waals surface area (Å²) in [6, 6.07) is 0.0884. The van der Waals surface area contributed by atoms with Crippen molar-refractivity contribution in [1.82, 2.24) is 9.88 Å². The number of rotatable bonds is 4. The van der Waals surface area contributed by atoms with Gasteiger partial charge in [-0.15, -0.1) is 0 Å². The fraction of sp³-hybridized carbons (Fsp3) is 0.474. The van der Waals surface area contributed by atoms with Gasteiger partial charge in [0.2, 0.25) is 5.43 Å². The molecular weight excluding hydrogens is 369 g/mol. The molecule has 4 rings (SSSR count). The second kappa shape index (κ2) is 6.66. The average molecular weight is 391 g/mol. The first-order valence-electron chi connectivity index (χ1n) is 9.24. The lowest BCUT2D eigenvalue weighted by atomic mass is 10.1. The van der Waals surface area contributed by atoms with Crippen molar-refractivity contribution in [3.05, 3.63) is 27.8 Å². The zero-order valence-electron chi connectivity index (χ0n) is 15.7. The lowest BCUT2D eigenvalue weighted by Crippen LogP contribution is -2.49. The molecular formula is C19H22FN3O5. The minimum Gasteiger partial charge on any atom is -0.504 e. The fourth-order valence-corrected chi connectivity index (χ4v) is 3.92. The van der Waals surface area contributed by atoms with Crippen LogP contribution in [0.3, 0.4) is 0 Å². The van der Waals surface area contributed by atoms with Gasteiger partial charge in [0.15, 0.2) is 17.3 Å². The number of aromatic carboxylic acids is 1. The number of pyridine rings is 1. The monoisotopic (exact) mass is 391 g/mol. The minimum absolute atomic E-state index is 0.0187. The lowest BCUT2D eigenvalue weighted by Gasteiger charge is -2.35. The molecule has 1 saturated heterocycles. The van der Waals surface area contributed by atoms with Crippen molar-refractivity contribution in [3.8, 4) is 11.5 Å². The number of carboxylic acids is 1. The van der Waals surface area contributed by atoms with Gasteiger partial charge in [0.1, 0.15) is 16.8 Å². The molecule has 0 amide bonds. The third-order valence-electron chi connectivity index (χ3n) is 5.38. The Hall–Kier alpha value is -2.81. The van der Waals surface area contributed by atoms with Crippen molar-refractivity contribution in [2.45, 2.75) is 31.8 Å². The van der Waals surface area contributed by atoms with E-state index in [4.69, 9.17) is 4.74 Å². The molecule has 8 nitrogen and oxygen atoms in total. The number of phenols is 1. The van der Waals surface area contributed by atoms with E-state index in [1.807, 2.05) is 6.92 Å². The minimum atomic E-state index is -1.42. The zero-order valence-corrected chi connectivity index (χ0v) is 15.7. The number of piperazine rings is 1. The van der Waals surface area contributed by atoms with Crippen LogP contribution in [0.1, 0.15) is 36.2 Å². The second-order valence-corrected chi connectivity index (χ2v) is 7.38. The molecule has 0 bridgehead atoms. The van der Waals surface area contributed by atoms with E-state index in [0.717, 1.165) is 12.8 Å². The highest BCUT2D eigenvalue weighted by molar-refractivity contribution is 6.00. The summed E-state index contributed by atoms with van der Waals surface area (Å²) < 4.78 is 22.4. The number of fused-ring (bicyclic) bond motifs is 1. The van der Waals surface area contributed by atoms with Crippen molar-refractivity contribution >= 4 is 22.6 Å². The summed E-state index contributed by atoms with van der Waals surface area (Å²) in [5, 5.41) is 22.9. The van der Waals surface area contributed by atoms with Crippen molar-refractivity contribution in [2.75, 3.05) is 31.6 Å². The number of halogens is 1. The summed E-state index contributed by atoms with van der Waals surface area (Å²) in [5.41, 5.74) is -1.09. The van der Waals surface area contributed by atoms with E-state index in [-0.39, 0.29) is 34.4 Å². The maximum Gasteiger partial charge on any atom is 0.341 e. The van der Waals surface area contributed by atoms with Gasteiger partial charge < -0.3 is 29.7 Å². The first-order valence-corrected chi connectivity index (χ1v) is 9.24.